The normalized spacial score (nSPS) is 16.2. The molecule has 0 aliphatic heterocycles. The Balaban J connectivity index is 1.99. The summed E-state index contributed by atoms with van der Waals surface area (Å²) in [5.41, 5.74) is 2.70. The van der Waals surface area contributed by atoms with Gasteiger partial charge >= 0.3 is 0 Å². The summed E-state index contributed by atoms with van der Waals surface area (Å²) in [5, 5.41) is 3.76. The molecule has 3 rings (SSSR count). The second-order valence-corrected chi connectivity index (χ2v) is 9.92. The van der Waals surface area contributed by atoms with Gasteiger partial charge in [0.1, 0.15) is 5.00 Å². The van der Waals surface area contributed by atoms with Crippen molar-refractivity contribution in [1.82, 2.24) is 4.90 Å². The fourth-order valence-corrected chi connectivity index (χ4v) is 5.39. The monoisotopic (exact) mass is 412 g/mol. The summed E-state index contributed by atoms with van der Waals surface area (Å²) in [5.74, 6) is 0.456. The maximum Gasteiger partial charge on any atom is 0.257 e. The molecule has 0 bridgehead atoms. The van der Waals surface area contributed by atoms with Gasteiger partial charge in [-0.05, 0) is 62.1 Å². The van der Waals surface area contributed by atoms with Crippen molar-refractivity contribution in [2.75, 3.05) is 18.4 Å². The third-order valence-corrected chi connectivity index (χ3v) is 7.19. The van der Waals surface area contributed by atoms with Gasteiger partial charge in [-0.1, -0.05) is 39.0 Å². The average Bonchev–Trinajstić information content (AvgIpc) is 3.05. The van der Waals surface area contributed by atoms with E-state index in [2.05, 4.69) is 26.1 Å². The van der Waals surface area contributed by atoms with E-state index >= 15 is 0 Å². The van der Waals surface area contributed by atoms with E-state index in [1.165, 1.54) is 4.88 Å². The smallest absolute Gasteiger partial charge is 0.257 e. The summed E-state index contributed by atoms with van der Waals surface area (Å²) < 4.78 is 0. The van der Waals surface area contributed by atoms with Crippen LogP contribution in [-0.4, -0.2) is 29.8 Å². The van der Waals surface area contributed by atoms with Crippen molar-refractivity contribution in [3.63, 3.8) is 0 Å². The van der Waals surface area contributed by atoms with Crippen LogP contribution in [0.15, 0.2) is 30.3 Å². The highest BCUT2D eigenvalue weighted by Gasteiger charge is 2.34. The lowest BCUT2D eigenvalue weighted by molar-refractivity contribution is 0.0772. The Hall–Kier alpha value is -2.14. The van der Waals surface area contributed by atoms with E-state index in [9.17, 15) is 9.59 Å². The molecule has 0 spiro atoms. The zero-order valence-corrected chi connectivity index (χ0v) is 19.0. The van der Waals surface area contributed by atoms with Gasteiger partial charge in [0.2, 0.25) is 0 Å². The topological polar surface area (TPSA) is 49.4 Å². The molecular weight excluding hydrogens is 380 g/mol. The van der Waals surface area contributed by atoms with Crippen molar-refractivity contribution < 1.29 is 9.59 Å². The first-order chi connectivity index (χ1) is 13.8. The van der Waals surface area contributed by atoms with Crippen molar-refractivity contribution in [1.29, 1.82) is 0 Å². The number of fused-ring (bicyclic) bond motifs is 1. The van der Waals surface area contributed by atoms with Gasteiger partial charge < -0.3 is 10.2 Å². The fraction of sp³-hybridized carbons (Fsp3) is 0.500. The van der Waals surface area contributed by atoms with Crippen molar-refractivity contribution in [3.8, 4) is 0 Å². The molecule has 29 heavy (non-hydrogen) atoms. The predicted octanol–water partition coefficient (Wildman–Crippen LogP) is 5.63. The molecule has 0 radical (unpaired) electrons. The second kappa shape index (κ2) is 8.70. The minimum Gasteiger partial charge on any atom is -0.339 e. The molecule has 1 aromatic heterocycles. The fourth-order valence-electron chi connectivity index (χ4n) is 4.07. The van der Waals surface area contributed by atoms with Crippen LogP contribution in [0.5, 0.6) is 0 Å². The van der Waals surface area contributed by atoms with Crippen LogP contribution >= 0.6 is 11.3 Å². The number of nitrogens with zero attached hydrogens (tertiary/aromatic N) is 1. The molecule has 1 N–H and O–H groups in total. The van der Waals surface area contributed by atoms with E-state index in [1.807, 2.05) is 36.9 Å². The summed E-state index contributed by atoms with van der Waals surface area (Å²) in [4.78, 5) is 29.2. The molecule has 1 heterocycles. The number of nitrogens with one attached hydrogen (secondary N) is 1. The summed E-state index contributed by atoms with van der Waals surface area (Å²) in [6, 6.07) is 9.19. The number of anilines is 1. The molecule has 0 fully saturated rings. The summed E-state index contributed by atoms with van der Waals surface area (Å²) in [7, 11) is 0. The number of hydrogen-bond acceptors (Lipinski definition) is 3. The standard InChI is InChI=1S/C24H32N2O2S/c1-6-26(7-2)23(28)20-18-14-13-17(24(3,4)5)15-19(18)29-22(20)25-21(27)16-11-9-8-10-12-16/h8-12,17H,6-7,13-15H2,1-5H3,(H,25,27)/t17-/m0/s1. The Morgan fingerprint density at radius 2 is 1.79 bits per heavy atom. The van der Waals surface area contributed by atoms with Gasteiger partial charge in [-0.2, -0.15) is 0 Å². The lowest BCUT2D eigenvalue weighted by atomic mass is 9.72. The molecular formula is C24H32N2O2S. The molecule has 0 unspecified atom stereocenters. The zero-order valence-electron chi connectivity index (χ0n) is 18.2. The molecule has 1 atom stereocenters. The Labute approximate surface area is 178 Å². The molecule has 4 nitrogen and oxygen atoms in total. The quantitative estimate of drug-likeness (QED) is 0.691. The summed E-state index contributed by atoms with van der Waals surface area (Å²) in [6.07, 6.45) is 2.96. The van der Waals surface area contributed by atoms with Crippen molar-refractivity contribution in [2.45, 2.75) is 53.9 Å². The first-order valence-corrected chi connectivity index (χ1v) is 11.4. The molecule has 1 aromatic carbocycles. The average molecular weight is 413 g/mol. The first kappa shape index (κ1) is 21.6. The van der Waals surface area contributed by atoms with Crippen LogP contribution in [0.4, 0.5) is 5.00 Å². The molecule has 0 saturated carbocycles. The number of carbonyl (C=O) groups excluding carboxylic acids is 2. The van der Waals surface area contributed by atoms with Crippen molar-refractivity contribution in [2.24, 2.45) is 11.3 Å². The van der Waals surface area contributed by atoms with Gasteiger partial charge in [0.05, 0.1) is 5.56 Å². The van der Waals surface area contributed by atoms with E-state index in [0.717, 1.165) is 24.8 Å². The highest BCUT2D eigenvalue weighted by molar-refractivity contribution is 7.17. The molecule has 156 valence electrons. The number of hydrogen-bond donors (Lipinski definition) is 1. The molecule has 5 heteroatoms. The van der Waals surface area contributed by atoms with Crippen LogP contribution in [0.2, 0.25) is 0 Å². The minimum absolute atomic E-state index is 0.0325. The Bertz CT molecular complexity index is 876. The number of rotatable bonds is 5. The molecule has 2 amide bonds. The SMILES string of the molecule is CCN(CC)C(=O)c1c(NC(=O)c2ccccc2)sc2c1CC[C@H](C(C)(C)C)C2. The van der Waals surface area contributed by atoms with Gasteiger partial charge in [0.25, 0.3) is 11.8 Å². The highest BCUT2D eigenvalue weighted by atomic mass is 32.1. The van der Waals surface area contributed by atoms with Crippen molar-refractivity contribution in [3.05, 3.63) is 51.9 Å². The van der Waals surface area contributed by atoms with E-state index in [-0.39, 0.29) is 17.2 Å². The maximum absolute atomic E-state index is 13.3. The lowest BCUT2D eigenvalue weighted by Crippen LogP contribution is -2.32. The van der Waals surface area contributed by atoms with Gasteiger partial charge in [0, 0.05) is 23.5 Å². The Morgan fingerprint density at radius 1 is 1.14 bits per heavy atom. The lowest BCUT2D eigenvalue weighted by Gasteiger charge is -2.34. The van der Waals surface area contributed by atoms with Crippen molar-refractivity contribution >= 4 is 28.2 Å². The number of carbonyl (C=O) groups is 2. The summed E-state index contributed by atoms with van der Waals surface area (Å²) in [6.45, 7) is 12.2. The first-order valence-electron chi connectivity index (χ1n) is 10.6. The summed E-state index contributed by atoms with van der Waals surface area (Å²) >= 11 is 1.59. The number of thiophene rings is 1. The van der Waals surface area contributed by atoms with E-state index in [1.54, 1.807) is 23.5 Å². The van der Waals surface area contributed by atoms with Crippen LogP contribution in [0.25, 0.3) is 0 Å². The zero-order chi connectivity index (χ0) is 21.2. The Kier molecular flexibility index (Phi) is 6.47. The highest BCUT2D eigenvalue weighted by Crippen LogP contribution is 2.44. The van der Waals surface area contributed by atoms with Gasteiger partial charge in [-0.3, -0.25) is 9.59 Å². The van der Waals surface area contributed by atoms with Crippen LogP contribution in [0.1, 0.15) is 72.2 Å². The Morgan fingerprint density at radius 3 is 2.38 bits per heavy atom. The third kappa shape index (κ3) is 4.55. The van der Waals surface area contributed by atoms with Crippen LogP contribution in [0.3, 0.4) is 0 Å². The molecule has 2 aromatic rings. The van der Waals surface area contributed by atoms with E-state index < -0.39 is 0 Å². The third-order valence-electron chi connectivity index (χ3n) is 6.02. The maximum atomic E-state index is 13.3. The van der Waals surface area contributed by atoms with Crippen LogP contribution in [0, 0.1) is 11.3 Å². The number of benzene rings is 1. The predicted molar refractivity (Wildman–Crippen MR) is 121 cm³/mol. The van der Waals surface area contributed by atoms with E-state index in [4.69, 9.17) is 0 Å². The molecule has 0 saturated heterocycles. The van der Waals surface area contributed by atoms with Gasteiger partial charge in [-0.25, -0.2) is 0 Å². The van der Waals surface area contributed by atoms with Crippen LogP contribution in [-0.2, 0) is 12.8 Å². The van der Waals surface area contributed by atoms with Crippen LogP contribution < -0.4 is 5.32 Å². The second-order valence-electron chi connectivity index (χ2n) is 8.81. The molecule has 1 aliphatic rings. The van der Waals surface area contributed by atoms with E-state index in [0.29, 0.717) is 35.1 Å². The number of amides is 2. The van der Waals surface area contributed by atoms with Gasteiger partial charge in [-0.15, -0.1) is 11.3 Å². The van der Waals surface area contributed by atoms with Gasteiger partial charge in [0.15, 0.2) is 0 Å². The molecule has 1 aliphatic carbocycles. The minimum atomic E-state index is -0.162. The largest absolute Gasteiger partial charge is 0.339 e.